The maximum atomic E-state index is 12.2. The van der Waals surface area contributed by atoms with Gasteiger partial charge in [-0.05, 0) is 49.4 Å². The summed E-state index contributed by atoms with van der Waals surface area (Å²) >= 11 is 0. The molecule has 1 aromatic carbocycles. The van der Waals surface area contributed by atoms with Crippen LogP contribution in [-0.2, 0) is 17.6 Å². The van der Waals surface area contributed by atoms with Gasteiger partial charge < -0.3 is 9.88 Å². The lowest BCUT2D eigenvalue weighted by Crippen LogP contribution is -2.22. The van der Waals surface area contributed by atoms with Gasteiger partial charge in [0.25, 0.3) is 0 Å². The molecule has 0 fully saturated rings. The molecule has 1 unspecified atom stereocenters. The molecule has 1 heterocycles. The molecule has 3 rings (SSSR count). The van der Waals surface area contributed by atoms with Crippen molar-refractivity contribution in [3.8, 4) is 0 Å². The van der Waals surface area contributed by atoms with Gasteiger partial charge >= 0.3 is 0 Å². The zero-order valence-corrected chi connectivity index (χ0v) is 11.0. The molecule has 2 aromatic rings. The predicted octanol–water partition coefficient (Wildman–Crippen LogP) is 2.57. The van der Waals surface area contributed by atoms with Crippen LogP contribution in [0.1, 0.15) is 30.5 Å². The summed E-state index contributed by atoms with van der Waals surface area (Å²) in [5.74, 6) is -0.0176. The van der Waals surface area contributed by atoms with Crippen LogP contribution in [0.4, 0.5) is 5.69 Å². The monoisotopic (exact) mass is 255 g/mol. The Hall–Kier alpha value is -2.10. The van der Waals surface area contributed by atoms with Crippen molar-refractivity contribution in [2.45, 2.75) is 32.2 Å². The van der Waals surface area contributed by atoms with Gasteiger partial charge in [0.2, 0.25) is 5.91 Å². The zero-order chi connectivity index (χ0) is 13.2. The van der Waals surface area contributed by atoms with E-state index >= 15 is 0 Å². The van der Waals surface area contributed by atoms with Crippen LogP contribution in [0.25, 0.3) is 0 Å². The summed E-state index contributed by atoms with van der Waals surface area (Å²) in [4.78, 5) is 16.1. The third-order valence-electron chi connectivity index (χ3n) is 3.72. The fourth-order valence-corrected chi connectivity index (χ4v) is 2.53. The van der Waals surface area contributed by atoms with E-state index in [0.29, 0.717) is 0 Å². The largest absolute Gasteiger partial charge is 0.325 e. The van der Waals surface area contributed by atoms with E-state index < -0.39 is 0 Å². The van der Waals surface area contributed by atoms with Gasteiger partial charge in [-0.25, -0.2) is 4.98 Å². The Morgan fingerprint density at radius 2 is 2.21 bits per heavy atom. The second kappa shape index (κ2) is 4.88. The number of imidazole rings is 1. The number of anilines is 1. The second-order valence-corrected chi connectivity index (χ2v) is 5.01. The van der Waals surface area contributed by atoms with Gasteiger partial charge in [-0.1, -0.05) is 6.07 Å². The molecule has 0 saturated carbocycles. The number of fused-ring (bicyclic) bond motifs is 1. The lowest BCUT2D eigenvalue weighted by Gasteiger charge is -2.14. The molecule has 4 nitrogen and oxygen atoms in total. The van der Waals surface area contributed by atoms with Crippen molar-refractivity contribution in [1.82, 2.24) is 9.55 Å². The third kappa shape index (κ3) is 2.38. The molecule has 0 aliphatic heterocycles. The van der Waals surface area contributed by atoms with E-state index in [2.05, 4.69) is 22.4 Å². The summed E-state index contributed by atoms with van der Waals surface area (Å²) in [5.41, 5.74) is 3.67. The van der Waals surface area contributed by atoms with Crippen molar-refractivity contribution in [2.75, 3.05) is 5.32 Å². The van der Waals surface area contributed by atoms with Gasteiger partial charge in [0.15, 0.2) is 0 Å². The minimum absolute atomic E-state index is 0.0176. The average Bonchev–Trinajstić information content (AvgIpc) is 3.08. The van der Waals surface area contributed by atoms with Crippen LogP contribution in [0.15, 0.2) is 36.9 Å². The molecule has 1 amide bonds. The van der Waals surface area contributed by atoms with Crippen LogP contribution in [-0.4, -0.2) is 15.5 Å². The van der Waals surface area contributed by atoms with E-state index in [0.717, 1.165) is 18.5 Å². The molecule has 98 valence electrons. The summed E-state index contributed by atoms with van der Waals surface area (Å²) in [6.07, 6.45) is 8.64. The highest BCUT2D eigenvalue weighted by atomic mass is 16.2. The minimum atomic E-state index is -0.254. The van der Waals surface area contributed by atoms with Gasteiger partial charge in [-0.2, -0.15) is 0 Å². The van der Waals surface area contributed by atoms with E-state index in [1.54, 1.807) is 23.3 Å². The Kier molecular flexibility index (Phi) is 3.07. The summed E-state index contributed by atoms with van der Waals surface area (Å²) in [6, 6.07) is 5.96. The topological polar surface area (TPSA) is 46.9 Å². The van der Waals surface area contributed by atoms with E-state index in [1.807, 2.05) is 13.0 Å². The number of nitrogens with zero attached hydrogens (tertiary/aromatic N) is 2. The summed E-state index contributed by atoms with van der Waals surface area (Å²) in [7, 11) is 0. The number of hydrogen-bond donors (Lipinski definition) is 1. The molecule has 1 atom stereocenters. The van der Waals surface area contributed by atoms with Crippen molar-refractivity contribution in [2.24, 2.45) is 0 Å². The van der Waals surface area contributed by atoms with Gasteiger partial charge in [0, 0.05) is 18.1 Å². The summed E-state index contributed by atoms with van der Waals surface area (Å²) in [5, 5.41) is 2.97. The summed E-state index contributed by atoms with van der Waals surface area (Å²) < 4.78 is 1.79. The number of aromatic nitrogens is 2. The van der Waals surface area contributed by atoms with Crippen molar-refractivity contribution in [1.29, 1.82) is 0 Å². The Morgan fingerprint density at radius 1 is 1.37 bits per heavy atom. The quantitative estimate of drug-likeness (QED) is 0.916. The fraction of sp³-hybridized carbons (Fsp3) is 0.333. The average molecular weight is 255 g/mol. The molecular weight excluding hydrogens is 238 g/mol. The lowest BCUT2D eigenvalue weighted by molar-refractivity contribution is -0.118. The first-order valence-electron chi connectivity index (χ1n) is 6.64. The first-order valence-corrected chi connectivity index (χ1v) is 6.64. The number of benzene rings is 1. The first-order chi connectivity index (χ1) is 9.24. The number of hydrogen-bond acceptors (Lipinski definition) is 2. The second-order valence-electron chi connectivity index (χ2n) is 5.01. The van der Waals surface area contributed by atoms with Crippen molar-refractivity contribution < 1.29 is 4.79 Å². The molecule has 1 aliphatic rings. The summed E-state index contributed by atoms with van der Waals surface area (Å²) in [6.45, 7) is 1.87. The Bertz CT molecular complexity index is 589. The van der Waals surface area contributed by atoms with Crippen LogP contribution in [0.2, 0.25) is 0 Å². The van der Waals surface area contributed by atoms with Gasteiger partial charge in [-0.3, -0.25) is 4.79 Å². The van der Waals surface area contributed by atoms with Crippen LogP contribution in [0.5, 0.6) is 0 Å². The first kappa shape index (κ1) is 12.0. The smallest absolute Gasteiger partial charge is 0.247 e. The molecular formula is C15H17N3O. The molecule has 0 bridgehead atoms. The number of aryl methyl sites for hydroxylation is 2. The maximum Gasteiger partial charge on any atom is 0.247 e. The Morgan fingerprint density at radius 3 is 3.00 bits per heavy atom. The van der Waals surface area contributed by atoms with E-state index in [1.165, 1.54) is 17.5 Å². The molecule has 1 aliphatic carbocycles. The minimum Gasteiger partial charge on any atom is -0.325 e. The SMILES string of the molecule is CC(C(=O)Nc1ccc2c(c1)CCC2)n1ccnc1. The zero-order valence-electron chi connectivity index (χ0n) is 11.0. The van der Waals surface area contributed by atoms with Crippen LogP contribution < -0.4 is 5.32 Å². The fourth-order valence-electron chi connectivity index (χ4n) is 2.53. The highest BCUT2D eigenvalue weighted by Crippen LogP contribution is 2.25. The van der Waals surface area contributed by atoms with Crippen LogP contribution in [0, 0.1) is 0 Å². The van der Waals surface area contributed by atoms with Crippen molar-refractivity contribution in [3.63, 3.8) is 0 Å². The molecule has 1 N–H and O–H groups in total. The van der Waals surface area contributed by atoms with Crippen LogP contribution >= 0.6 is 0 Å². The maximum absolute atomic E-state index is 12.2. The normalized spacial score (nSPS) is 15.0. The van der Waals surface area contributed by atoms with E-state index in [9.17, 15) is 4.79 Å². The van der Waals surface area contributed by atoms with Crippen molar-refractivity contribution >= 4 is 11.6 Å². The lowest BCUT2D eigenvalue weighted by atomic mass is 10.1. The number of rotatable bonds is 3. The van der Waals surface area contributed by atoms with Gasteiger partial charge in [-0.15, -0.1) is 0 Å². The number of carbonyl (C=O) groups is 1. The van der Waals surface area contributed by atoms with Gasteiger partial charge in [0.05, 0.1) is 6.33 Å². The molecule has 0 saturated heterocycles. The van der Waals surface area contributed by atoms with Crippen molar-refractivity contribution in [3.05, 3.63) is 48.0 Å². The molecule has 19 heavy (non-hydrogen) atoms. The molecule has 0 radical (unpaired) electrons. The van der Waals surface area contributed by atoms with Gasteiger partial charge in [0.1, 0.15) is 6.04 Å². The van der Waals surface area contributed by atoms with Crippen LogP contribution in [0.3, 0.4) is 0 Å². The van der Waals surface area contributed by atoms with E-state index in [4.69, 9.17) is 0 Å². The number of nitrogens with one attached hydrogen (secondary N) is 1. The van der Waals surface area contributed by atoms with E-state index in [-0.39, 0.29) is 11.9 Å². The molecule has 0 spiro atoms. The highest BCUT2D eigenvalue weighted by molar-refractivity contribution is 5.93. The molecule has 1 aromatic heterocycles. The number of carbonyl (C=O) groups excluding carboxylic acids is 1. The highest BCUT2D eigenvalue weighted by Gasteiger charge is 2.16. The molecule has 4 heteroatoms. The predicted molar refractivity (Wildman–Crippen MR) is 74.0 cm³/mol. The Labute approximate surface area is 112 Å². The standard InChI is InChI=1S/C15H17N3O/c1-11(18-8-7-16-10-18)15(19)17-14-6-5-12-3-2-4-13(12)9-14/h5-11H,2-4H2,1H3,(H,17,19). The Balaban J connectivity index is 1.73. The number of amides is 1. The third-order valence-corrected chi connectivity index (χ3v) is 3.72.